The van der Waals surface area contributed by atoms with Gasteiger partial charge in [-0.05, 0) is 37.6 Å². The van der Waals surface area contributed by atoms with Crippen LogP contribution in [0.15, 0.2) is 24.3 Å². The molecule has 0 radical (unpaired) electrons. The number of phenols is 1. The molecule has 1 aromatic carbocycles. The lowest BCUT2D eigenvalue weighted by Crippen LogP contribution is -2.26. The average molecular weight is 179 g/mol. The number of benzene rings is 1. The Kier molecular flexibility index (Phi) is 3.77. The molecule has 2 nitrogen and oxygen atoms in total. The molecule has 13 heavy (non-hydrogen) atoms. The van der Waals surface area contributed by atoms with E-state index in [4.69, 9.17) is 0 Å². The molecule has 0 aliphatic rings. The lowest BCUT2D eigenvalue weighted by Gasteiger charge is -2.13. The van der Waals surface area contributed by atoms with Crippen LogP contribution in [0.2, 0.25) is 0 Å². The second kappa shape index (κ2) is 4.87. The zero-order chi connectivity index (χ0) is 9.68. The van der Waals surface area contributed by atoms with Crippen LogP contribution in [0.3, 0.4) is 0 Å². The highest BCUT2D eigenvalue weighted by atomic mass is 16.3. The molecular formula is C11H17NO. The van der Waals surface area contributed by atoms with Gasteiger partial charge in [0.05, 0.1) is 0 Å². The topological polar surface area (TPSA) is 32.3 Å². The van der Waals surface area contributed by atoms with Crippen molar-refractivity contribution in [1.29, 1.82) is 0 Å². The normalized spacial score (nSPS) is 12.8. The van der Waals surface area contributed by atoms with Crippen LogP contribution in [0.5, 0.6) is 5.75 Å². The number of phenolic OH excluding ortho intramolecular Hbond substituents is 1. The van der Waals surface area contributed by atoms with Crippen LogP contribution < -0.4 is 5.32 Å². The Labute approximate surface area is 79.6 Å². The van der Waals surface area contributed by atoms with Crippen molar-refractivity contribution in [2.75, 3.05) is 7.05 Å². The third-order valence-corrected chi connectivity index (χ3v) is 2.29. The highest BCUT2D eigenvalue weighted by Crippen LogP contribution is 2.13. The highest BCUT2D eigenvalue weighted by molar-refractivity contribution is 5.27. The molecule has 1 rings (SSSR count). The molecule has 0 spiro atoms. The van der Waals surface area contributed by atoms with Crippen molar-refractivity contribution < 1.29 is 5.11 Å². The van der Waals surface area contributed by atoms with Crippen LogP contribution in [-0.2, 0) is 6.42 Å². The van der Waals surface area contributed by atoms with Crippen molar-refractivity contribution in [3.63, 3.8) is 0 Å². The van der Waals surface area contributed by atoms with Gasteiger partial charge in [-0.2, -0.15) is 0 Å². The van der Waals surface area contributed by atoms with Crippen molar-refractivity contribution in [3.8, 4) is 5.75 Å². The van der Waals surface area contributed by atoms with Crippen molar-refractivity contribution in [1.82, 2.24) is 5.32 Å². The summed E-state index contributed by atoms with van der Waals surface area (Å²) in [5.41, 5.74) is 1.18. The molecule has 1 aromatic rings. The molecule has 1 atom stereocenters. The van der Waals surface area contributed by atoms with Crippen LogP contribution in [-0.4, -0.2) is 18.2 Å². The summed E-state index contributed by atoms with van der Waals surface area (Å²) >= 11 is 0. The predicted molar refractivity (Wildman–Crippen MR) is 54.9 cm³/mol. The van der Waals surface area contributed by atoms with Gasteiger partial charge in [-0.25, -0.2) is 0 Å². The summed E-state index contributed by atoms with van der Waals surface area (Å²) in [5.74, 6) is 0.350. The molecule has 2 N–H and O–H groups in total. The molecule has 0 heterocycles. The first-order valence-corrected chi connectivity index (χ1v) is 4.71. The largest absolute Gasteiger partial charge is 0.508 e. The maximum atomic E-state index is 9.25. The van der Waals surface area contributed by atoms with Gasteiger partial charge in [0.2, 0.25) is 0 Å². The van der Waals surface area contributed by atoms with Gasteiger partial charge in [0, 0.05) is 6.04 Å². The van der Waals surface area contributed by atoms with E-state index in [0.717, 1.165) is 12.8 Å². The minimum absolute atomic E-state index is 0.350. The van der Waals surface area contributed by atoms with Gasteiger partial charge in [-0.15, -0.1) is 0 Å². The molecule has 0 fully saturated rings. The summed E-state index contributed by atoms with van der Waals surface area (Å²) in [6.45, 7) is 2.16. The van der Waals surface area contributed by atoms with Crippen molar-refractivity contribution in [3.05, 3.63) is 29.8 Å². The van der Waals surface area contributed by atoms with E-state index in [1.807, 2.05) is 25.2 Å². The first-order valence-electron chi connectivity index (χ1n) is 4.71. The fraction of sp³-hybridized carbons (Fsp3) is 0.455. The Bertz CT molecular complexity index is 256. The minimum atomic E-state index is 0.350. The van der Waals surface area contributed by atoms with Gasteiger partial charge in [-0.1, -0.05) is 19.1 Å². The lowest BCUT2D eigenvalue weighted by atomic mass is 10.0. The first-order chi connectivity index (χ1) is 6.26. The van der Waals surface area contributed by atoms with E-state index in [1.54, 1.807) is 6.07 Å². The Morgan fingerprint density at radius 2 is 2.23 bits per heavy atom. The Balaban J connectivity index is 2.62. The van der Waals surface area contributed by atoms with E-state index in [-0.39, 0.29) is 0 Å². The Morgan fingerprint density at radius 1 is 1.46 bits per heavy atom. The Morgan fingerprint density at radius 3 is 2.77 bits per heavy atom. The minimum Gasteiger partial charge on any atom is -0.508 e. The first kappa shape index (κ1) is 10.1. The number of nitrogens with one attached hydrogen (secondary N) is 1. The molecule has 0 saturated heterocycles. The maximum absolute atomic E-state index is 9.25. The van der Waals surface area contributed by atoms with Crippen LogP contribution in [0.25, 0.3) is 0 Å². The fourth-order valence-corrected chi connectivity index (χ4v) is 1.42. The van der Waals surface area contributed by atoms with E-state index in [1.165, 1.54) is 5.56 Å². The molecule has 0 aromatic heterocycles. The van der Waals surface area contributed by atoms with Gasteiger partial charge in [0.1, 0.15) is 5.75 Å². The molecule has 0 bridgehead atoms. The van der Waals surface area contributed by atoms with Gasteiger partial charge in [0.15, 0.2) is 0 Å². The summed E-state index contributed by atoms with van der Waals surface area (Å²) in [6.07, 6.45) is 2.08. The predicted octanol–water partition coefficient (Wildman–Crippen LogP) is 1.93. The van der Waals surface area contributed by atoms with Crippen molar-refractivity contribution >= 4 is 0 Å². The molecule has 0 amide bonds. The molecular weight excluding hydrogens is 162 g/mol. The van der Waals surface area contributed by atoms with Gasteiger partial charge in [-0.3, -0.25) is 0 Å². The van der Waals surface area contributed by atoms with Crippen LogP contribution in [0.1, 0.15) is 18.9 Å². The number of hydrogen-bond acceptors (Lipinski definition) is 2. The van der Waals surface area contributed by atoms with E-state index < -0.39 is 0 Å². The molecule has 72 valence electrons. The maximum Gasteiger partial charge on any atom is 0.115 e. The number of aromatic hydroxyl groups is 1. The Hall–Kier alpha value is -1.02. The van der Waals surface area contributed by atoms with Gasteiger partial charge < -0.3 is 10.4 Å². The van der Waals surface area contributed by atoms with E-state index >= 15 is 0 Å². The van der Waals surface area contributed by atoms with Crippen LogP contribution in [0, 0.1) is 0 Å². The van der Waals surface area contributed by atoms with Crippen molar-refractivity contribution in [2.45, 2.75) is 25.8 Å². The standard InChI is InChI=1S/C11H17NO/c1-3-10(12-2)7-9-5-4-6-11(13)8-9/h4-6,8,10,12-13H,3,7H2,1-2H3. The average Bonchev–Trinajstić information content (AvgIpc) is 2.14. The quantitative estimate of drug-likeness (QED) is 0.740. The smallest absolute Gasteiger partial charge is 0.115 e. The van der Waals surface area contributed by atoms with Crippen LogP contribution >= 0.6 is 0 Å². The second-order valence-electron chi connectivity index (χ2n) is 3.27. The van der Waals surface area contributed by atoms with Gasteiger partial charge >= 0.3 is 0 Å². The summed E-state index contributed by atoms with van der Waals surface area (Å²) in [7, 11) is 1.97. The summed E-state index contributed by atoms with van der Waals surface area (Å²) in [4.78, 5) is 0. The summed E-state index contributed by atoms with van der Waals surface area (Å²) in [5, 5.41) is 12.5. The van der Waals surface area contributed by atoms with E-state index in [9.17, 15) is 5.11 Å². The third kappa shape index (κ3) is 3.07. The number of hydrogen-bond donors (Lipinski definition) is 2. The fourth-order valence-electron chi connectivity index (χ4n) is 1.42. The summed E-state index contributed by atoms with van der Waals surface area (Å²) in [6, 6.07) is 7.94. The monoisotopic (exact) mass is 179 g/mol. The lowest BCUT2D eigenvalue weighted by molar-refractivity contribution is 0.473. The molecule has 0 aliphatic heterocycles. The van der Waals surface area contributed by atoms with E-state index in [2.05, 4.69) is 12.2 Å². The molecule has 1 unspecified atom stereocenters. The zero-order valence-electron chi connectivity index (χ0n) is 8.25. The molecule has 0 aliphatic carbocycles. The summed E-state index contributed by atoms with van der Waals surface area (Å²) < 4.78 is 0. The van der Waals surface area contributed by atoms with Crippen LogP contribution in [0.4, 0.5) is 0 Å². The van der Waals surface area contributed by atoms with Crippen molar-refractivity contribution in [2.24, 2.45) is 0 Å². The van der Waals surface area contributed by atoms with Gasteiger partial charge in [0.25, 0.3) is 0 Å². The molecule has 0 saturated carbocycles. The number of rotatable bonds is 4. The van der Waals surface area contributed by atoms with E-state index in [0.29, 0.717) is 11.8 Å². The zero-order valence-corrected chi connectivity index (χ0v) is 8.25. The highest BCUT2D eigenvalue weighted by Gasteiger charge is 2.04. The second-order valence-corrected chi connectivity index (χ2v) is 3.27. The SMILES string of the molecule is CCC(Cc1cccc(O)c1)NC. The molecule has 2 heteroatoms. The third-order valence-electron chi connectivity index (χ3n) is 2.29. The number of likely N-dealkylation sites (N-methyl/N-ethyl adjacent to an activating group) is 1.